The summed E-state index contributed by atoms with van der Waals surface area (Å²) in [7, 11) is 1.93. The highest BCUT2D eigenvalue weighted by Gasteiger charge is 2.01. The van der Waals surface area contributed by atoms with Gasteiger partial charge < -0.3 is 5.32 Å². The SMILES string of the molecule is CNC(CCCl)CCCl. The van der Waals surface area contributed by atoms with E-state index in [9.17, 15) is 0 Å². The van der Waals surface area contributed by atoms with Crippen LogP contribution in [-0.2, 0) is 0 Å². The summed E-state index contributed by atoms with van der Waals surface area (Å²) in [5.41, 5.74) is 0. The van der Waals surface area contributed by atoms with Crippen LogP contribution in [-0.4, -0.2) is 24.8 Å². The van der Waals surface area contributed by atoms with Gasteiger partial charge >= 0.3 is 0 Å². The van der Waals surface area contributed by atoms with Crippen molar-refractivity contribution in [1.29, 1.82) is 0 Å². The second-order valence-electron chi connectivity index (χ2n) is 1.94. The third-order valence-corrected chi connectivity index (χ3v) is 1.76. The first-order valence-electron chi connectivity index (χ1n) is 3.14. The van der Waals surface area contributed by atoms with E-state index in [0.29, 0.717) is 17.8 Å². The molecule has 3 heteroatoms. The molecule has 9 heavy (non-hydrogen) atoms. The van der Waals surface area contributed by atoms with Gasteiger partial charge in [-0.05, 0) is 19.9 Å². The van der Waals surface area contributed by atoms with Crippen molar-refractivity contribution in [3.63, 3.8) is 0 Å². The fourth-order valence-electron chi connectivity index (χ4n) is 0.696. The number of halogens is 2. The first-order chi connectivity index (χ1) is 4.35. The molecule has 0 atom stereocenters. The van der Waals surface area contributed by atoms with Crippen LogP contribution in [0.2, 0.25) is 0 Å². The van der Waals surface area contributed by atoms with Gasteiger partial charge in [-0.3, -0.25) is 0 Å². The molecule has 0 amide bonds. The van der Waals surface area contributed by atoms with E-state index in [2.05, 4.69) is 5.32 Å². The van der Waals surface area contributed by atoms with Gasteiger partial charge in [0.05, 0.1) is 0 Å². The lowest BCUT2D eigenvalue weighted by atomic mass is 10.2. The highest BCUT2D eigenvalue weighted by Crippen LogP contribution is 1.99. The van der Waals surface area contributed by atoms with Crippen LogP contribution < -0.4 is 5.32 Å². The Labute approximate surface area is 66.7 Å². The minimum absolute atomic E-state index is 0.500. The molecule has 1 nitrogen and oxygen atoms in total. The lowest BCUT2D eigenvalue weighted by Gasteiger charge is -2.11. The summed E-state index contributed by atoms with van der Waals surface area (Å²) in [5, 5.41) is 3.14. The van der Waals surface area contributed by atoms with Crippen molar-refractivity contribution in [2.24, 2.45) is 0 Å². The average molecular weight is 170 g/mol. The average Bonchev–Trinajstić information content (AvgIpc) is 1.88. The van der Waals surface area contributed by atoms with E-state index in [1.165, 1.54) is 0 Å². The van der Waals surface area contributed by atoms with Gasteiger partial charge in [-0.25, -0.2) is 0 Å². The largest absolute Gasteiger partial charge is 0.317 e. The fraction of sp³-hybridized carbons (Fsp3) is 1.00. The molecule has 0 saturated heterocycles. The summed E-state index contributed by atoms with van der Waals surface area (Å²) >= 11 is 11.1. The number of rotatable bonds is 5. The van der Waals surface area contributed by atoms with Gasteiger partial charge in [0.1, 0.15) is 0 Å². The van der Waals surface area contributed by atoms with E-state index in [4.69, 9.17) is 23.2 Å². The van der Waals surface area contributed by atoms with Crippen molar-refractivity contribution in [1.82, 2.24) is 5.32 Å². The maximum Gasteiger partial charge on any atom is 0.0238 e. The molecule has 0 bridgehead atoms. The molecular weight excluding hydrogens is 157 g/mol. The molecule has 0 rings (SSSR count). The lowest BCUT2D eigenvalue weighted by Crippen LogP contribution is -2.25. The molecule has 0 aromatic rings. The van der Waals surface area contributed by atoms with Crippen molar-refractivity contribution in [2.75, 3.05) is 18.8 Å². The molecule has 0 aliphatic rings. The molecule has 0 spiro atoms. The van der Waals surface area contributed by atoms with Crippen LogP contribution in [0.4, 0.5) is 0 Å². The third kappa shape index (κ3) is 5.01. The molecule has 0 aliphatic heterocycles. The molecule has 0 unspecified atom stereocenters. The van der Waals surface area contributed by atoms with E-state index in [1.807, 2.05) is 7.05 Å². The predicted octanol–water partition coefficient (Wildman–Crippen LogP) is 1.83. The minimum Gasteiger partial charge on any atom is -0.317 e. The number of alkyl halides is 2. The quantitative estimate of drug-likeness (QED) is 0.620. The molecule has 1 N–H and O–H groups in total. The summed E-state index contributed by atoms with van der Waals surface area (Å²) in [4.78, 5) is 0. The first kappa shape index (κ1) is 9.54. The van der Waals surface area contributed by atoms with Crippen molar-refractivity contribution < 1.29 is 0 Å². The molecular formula is C6H13Cl2N. The van der Waals surface area contributed by atoms with Gasteiger partial charge in [0.2, 0.25) is 0 Å². The van der Waals surface area contributed by atoms with Crippen molar-refractivity contribution in [3.8, 4) is 0 Å². The maximum atomic E-state index is 5.53. The number of hydrogen-bond donors (Lipinski definition) is 1. The summed E-state index contributed by atoms with van der Waals surface area (Å²) in [6, 6.07) is 0.500. The van der Waals surface area contributed by atoms with E-state index in [1.54, 1.807) is 0 Å². The molecule has 0 aliphatic carbocycles. The van der Waals surface area contributed by atoms with E-state index >= 15 is 0 Å². The van der Waals surface area contributed by atoms with E-state index < -0.39 is 0 Å². The summed E-state index contributed by atoms with van der Waals surface area (Å²) in [5.74, 6) is 1.42. The van der Waals surface area contributed by atoms with Gasteiger partial charge in [-0.1, -0.05) is 0 Å². The second kappa shape index (κ2) is 6.66. The summed E-state index contributed by atoms with van der Waals surface area (Å²) in [6.07, 6.45) is 2.01. The normalized spacial score (nSPS) is 10.7. The molecule has 0 aromatic heterocycles. The second-order valence-corrected chi connectivity index (χ2v) is 2.70. The number of hydrogen-bond acceptors (Lipinski definition) is 1. The summed E-state index contributed by atoms with van der Waals surface area (Å²) < 4.78 is 0. The Morgan fingerprint density at radius 1 is 1.22 bits per heavy atom. The lowest BCUT2D eigenvalue weighted by molar-refractivity contribution is 0.535. The smallest absolute Gasteiger partial charge is 0.0238 e. The Bertz CT molecular complexity index is 53.0. The first-order valence-corrected chi connectivity index (χ1v) is 4.21. The van der Waals surface area contributed by atoms with Gasteiger partial charge in [0.15, 0.2) is 0 Å². The molecule has 0 fully saturated rings. The Morgan fingerprint density at radius 3 is 1.89 bits per heavy atom. The Kier molecular flexibility index (Phi) is 7.06. The highest BCUT2D eigenvalue weighted by molar-refractivity contribution is 6.18. The molecule has 0 heterocycles. The van der Waals surface area contributed by atoms with Crippen LogP contribution >= 0.6 is 23.2 Å². The van der Waals surface area contributed by atoms with Gasteiger partial charge in [-0.15, -0.1) is 23.2 Å². The highest BCUT2D eigenvalue weighted by atomic mass is 35.5. The molecule has 0 radical (unpaired) electrons. The van der Waals surface area contributed by atoms with Crippen LogP contribution in [0.25, 0.3) is 0 Å². The topological polar surface area (TPSA) is 12.0 Å². The molecule has 0 aromatic carbocycles. The van der Waals surface area contributed by atoms with Crippen LogP contribution in [0.3, 0.4) is 0 Å². The Morgan fingerprint density at radius 2 is 1.67 bits per heavy atom. The van der Waals surface area contributed by atoms with Crippen molar-refractivity contribution in [3.05, 3.63) is 0 Å². The van der Waals surface area contributed by atoms with Crippen LogP contribution in [0, 0.1) is 0 Å². The van der Waals surface area contributed by atoms with Gasteiger partial charge in [0, 0.05) is 17.8 Å². The maximum absolute atomic E-state index is 5.53. The Balaban J connectivity index is 3.18. The Hall–Kier alpha value is 0.540. The number of nitrogens with one attached hydrogen (secondary N) is 1. The van der Waals surface area contributed by atoms with E-state index in [-0.39, 0.29) is 0 Å². The zero-order chi connectivity index (χ0) is 7.11. The van der Waals surface area contributed by atoms with Gasteiger partial charge in [0.25, 0.3) is 0 Å². The zero-order valence-electron chi connectivity index (χ0n) is 5.66. The summed E-state index contributed by atoms with van der Waals surface area (Å²) in [6.45, 7) is 0. The van der Waals surface area contributed by atoms with Crippen LogP contribution in [0.15, 0.2) is 0 Å². The predicted molar refractivity (Wildman–Crippen MR) is 43.5 cm³/mol. The third-order valence-electron chi connectivity index (χ3n) is 1.32. The van der Waals surface area contributed by atoms with Crippen molar-refractivity contribution >= 4 is 23.2 Å². The fourth-order valence-corrected chi connectivity index (χ4v) is 1.22. The van der Waals surface area contributed by atoms with E-state index in [0.717, 1.165) is 12.8 Å². The standard InChI is InChI=1S/C6H13Cl2N/c1-9-6(2-4-7)3-5-8/h6,9H,2-5H2,1H3. The molecule has 0 saturated carbocycles. The zero-order valence-corrected chi connectivity index (χ0v) is 7.17. The van der Waals surface area contributed by atoms with Crippen LogP contribution in [0.5, 0.6) is 0 Å². The molecule has 56 valence electrons. The minimum atomic E-state index is 0.500. The monoisotopic (exact) mass is 169 g/mol. The van der Waals surface area contributed by atoms with Crippen LogP contribution in [0.1, 0.15) is 12.8 Å². The van der Waals surface area contributed by atoms with Crippen molar-refractivity contribution in [2.45, 2.75) is 18.9 Å². The van der Waals surface area contributed by atoms with Gasteiger partial charge in [-0.2, -0.15) is 0 Å².